The fourth-order valence-electron chi connectivity index (χ4n) is 2.64. The van der Waals surface area contributed by atoms with Crippen molar-refractivity contribution in [1.29, 1.82) is 0 Å². The predicted octanol–water partition coefficient (Wildman–Crippen LogP) is 3.10. The molecule has 1 aliphatic rings. The summed E-state index contributed by atoms with van der Waals surface area (Å²) < 4.78 is 5.88. The van der Waals surface area contributed by atoms with E-state index in [1.54, 1.807) is 11.3 Å². The molecule has 0 saturated carbocycles. The number of ether oxygens (including phenoxy) is 1. The Morgan fingerprint density at radius 1 is 1.30 bits per heavy atom. The summed E-state index contributed by atoms with van der Waals surface area (Å²) in [5, 5.41) is 2.10. The summed E-state index contributed by atoms with van der Waals surface area (Å²) in [6, 6.07) is 6.41. The Bertz CT molecular complexity index is 566. The van der Waals surface area contributed by atoms with Crippen molar-refractivity contribution in [2.75, 3.05) is 6.61 Å². The van der Waals surface area contributed by atoms with Crippen molar-refractivity contribution in [3.63, 3.8) is 0 Å². The first-order valence-corrected chi connectivity index (χ1v) is 8.11. The first-order valence-electron chi connectivity index (χ1n) is 7.23. The maximum Gasteiger partial charge on any atom is 0.218 e. The Balaban J connectivity index is 1.71. The fourth-order valence-corrected chi connectivity index (χ4v) is 3.33. The number of aromatic nitrogens is 1. The van der Waals surface area contributed by atoms with Gasteiger partial charge in [-0.2, -0.15) is 0 Å². The lowest BCUT2D eigenvalue weighted by Crippen LogP contribution is -2.12. The van der Waals surface area contributed by atoms with Crippen molar-refractivity contribution in [2.24, 2.45) is 5.73 Å². The van der Waals surface area contributed by atoms with E-state index >= 15 is 0 Å². The predicted molar refractivity (Wildman–Crippen MR) is 82.3 cm³/mol. The van der Waals surface area contributed by atoms with Gasteiger partial charge in [-0.15, -0.1) is 11.3 Å². The van der Waals surface area contributed by atoms with E-state index in [0.29, 0.717) is 13.2 Å². The van der Waals surface area contributed by atoms with Crippen LogP contribution in [-0.4, -0.2) is 11.6 Å². The number of nitrogens with zero attached hydrogens (tertiary/aromatic N) is 1. The van der Waals surface area contributed by atoms with E-state index in [-0.39, 0.29) is 0 Å². The molecule has 3 rings (SSSR count). The van der Waals surface area contributed by atoms with Gasteiger partial charge in [0, 0.05) is 29.1 Å². The molecule has 0 saturated heterocycles. The van der Waals surface area contributed by atoms with Gasteiger partial charge in [0.2, 0.25) is 5.88 Å². The largest absolute Gasteiger partial charge is 0.477 e. The van der Waals surface area contributed by atoms with E-state index < -0.39 is 0 Å². The summed E-state index contributed by atoms with van der Waals surface area (Å²) in [7, 11) is 0. The van der Waals surface area contributed by atoms with Crippen LogP contribution in [0.1, 0.15) is 34.5 Å². The van der Waals surface area contributed by atoms with Crippen LogP contribution < -0.4 is 10.5 Å². The summed E-state index contributed by atoms with van der Waals surface area (Å²) in [5.74, 6) is 0.740. The van der Waals surface area contributed by atoms with Crippen molar-refractivity contribution >= 4 is 11.3 Å². The highest BCUT2D eigenvalue weighted by atomic mass is 32.1. The molecule has 0 atom stereocenters. The van der Waals surface area contributed by atoms with Gasteiger partial charge >= 0.3 is 0 Å². The van der Waals surface area contributed by atoms with Crippen LogP contribution >= 0.6 is 11.3 Å². The zero-order chi connectivity index (χ0) is 13.8. The Hall–Kier alpha value is -1.39. The number of nitrogens with two attached hydrogens (primary N) is 1. The maximum atomic E-state index is 5.88. The third-order valence-electron chi connectivity index (χ3n) is 3.73. The van der Waals surface area contributed by atoms with E-state index in [2.05, 4.69) is 23.6 Å². The van der Waals surface area contributed by atoms with Gasteiger partial charge in [-0.1, -0.05) is 6.07 Å². The quantitative estimate of drug-likeness (QED) is 0.919. The van der Waals surface area contributed by atoms with Crippen LogP contribution in [0.4, 0.5) is 0 Å². The molecular formula is C16H20N2OS. The molecule has 20 heavy (non-hydrogen) atoms. The average molecular weight is 288 g/mol. The third kappa shape index (κ3) is 3.02. The van der Waals surface area contributed by atoms with Crippen LogP contribution in [-0.2, 0) is 25.8 Å². The van der Waals surface area contributed by atoms with E-state index in [1.165, 1.54) is 29.0 Å². The van der Waals surface area contributed by atoms with Crippen molar-refractivity contribution < 1.29 is 4.74 Å². The van der Waals surface area contributed by atoms with Gasteiger partial charge in [-0.25, -0.2) is 4.98 Å². The van der Waals surface area contributed by atoms with Crippen LogP contribution in [0, 0.1) is 0 Å². The lowest BCUT2D eigenvalue weighted by molar-refractivity contribution is 0.305. The van der Waals surface area contributed by atoms with E-state index in [9.17, 15) is 0 Å². The molecule has 0 bridgehead atoms. The molecule has 2 N–H and O–H groups in total. The van der Waals surface area contributed by atoms with Gasteiger partial charge in [0.15, 0.2) is 0 Å². The average Bonchev–Trinajstić information content (AvgIpc) is 3.00. The SMILES string of the molecule is NCc1cc2c(nc1OCCc1cccs1)CCCC2. The molecule has 0 aliphatic heterocycles. The highest BCUT2D eigenvalue weighted by Crippen LogP contribution is 2.26. The number of thiophene rings is 1. The van der Waals surface area contributed by atoms with Gasteiger partial charge in [0.25, 0.3) is 0 Å². The van der Waals surface area contributed by atoms with Crippen molar-refractivity contribution in [1.82, 2.24) is 4.98 Å². The lowest BCUT2D eigenvalue weighted by Gasteiger charge is -2.18. The van der Waals surface area contributed by atoms with Gasteiger partial charge in [0.05, 0.1) is 6.61 Å². The second-order valence-electron chi connectivity index (χ2n) is 5.15. The second kappa shape index (κ2) is 6.37. The smallest absolute Gasteiger partial charge is 0.218 e. The molecule has 3 nitrogen and oxygen atoms in total. The Morgan fingerprint density at radius 2 is 2.20 bits per heavy atom. The van der Waals surface area contributed by atoms with E-state index in [0.717, 1.165) is 30.7 Å². The van der Waals surface area contributed by atoms with Crippen LogP contribution in [0.25, 0.3) is 0 Å². The zero-order valence-corrected chi connectivity index (χ0v) is 12.4. The fraction of sp³-hybridized carbons (Fsp3) is 0.438. The zero-order valence-electron chi connectivity index (χ0n) is 11.6. The number of pyridine rings is 1. The van der Waals surface area contributed by atoms with Gasteiger partial charge in [0.1, 0.15) is 0 Å². The highest BCUT2D eigenvalue weighted by molar-refractivity contribution is 7.09. The Kier molecular flexibility index (Phi) is 4.33. The molecule has 1 aliphatic carbocycles. The standard InChI is InChI=1S/C16H20N2OS/c17-11-13-10-12-4-1-2-6-15(12)18-16(13)19-8-7-14-5-3-9-20-14/h3,5,9-10H,1-2,4,6-8,11,17H2. The summed E-state index contributed by atoms with van der Waals surface area (Å²) in [6.07, 6.45) is 5.63. The monoisotopic (exact) mass is 288 g/mol. The Morgan fingerprint density at radius 3 is 3.00 bits per heavy atom. The summed E-state index contributed by atoms with van der Waals surface area (Å²) in [5.41, 5.74) is 9.44. The third-order valence-corrected chi connectivity index (χ3v) is 4.66. The van der Waals surface area contributed by atoms with Crippen LogP contribution in [0.15, 0.2) is 23.6 Å². The molecule has 0 radical (unpaired) electrons. The minimum absolute atomic E-state index is 0.495. The molecule has 4 heteroatoms. The molecule has 106 valence electrons. The van der Waals surface area contributed by atoms with Gasteiger partial charge in [-0.3, -0.25) is 0 Å². The summed E-state index contributed by atoms with van der Waals surface area (Å²) >= 11 is 1.77. The molecular weight excluding hydrogens is 268 g/mol. The minimum atomic E-state index is 0.495. The molecule has 0 spiro atoms. The van der Waals surface area contributed by atoms with E-state index in [1.807, 2.05) is 0 Å². The molecule has 0 aromatic carbocycles. The minimum Gasteiger partial charge on any atom is -0.477 e. The number of rotatable bonds is 5. The van der Waals surface area contributed by atoms with Crippen molar-refractivity contribution in [3.05, 3.63) is 45.3 Å². The molecule has 2 heterocycles. The first kappa shape index (κ1) is 13.6. The van der Waals surface area contributed by atoms with Crippen LogP contribution in [0.2, 0.25) is 0 Å². The van der Waals surface area contributed by atoms with Crippen LogP contribution in [0.3, 0.4) is 0 Å². The second-order valence-corrected chi connectivity index (χ2v) is 6.18. The van der Waals surface area contributed by atoms with Gasteiger partial charge < -0.3 is 10.5 Å². The van der Waals surface area contributed by atoms with Gasteiger partial charge in [-0.05, 0) is 48.8 Å². The normalized spacial score (nSPS) is 14.1. The summed E-state index contributed by atoms with van der Waals surface area (Å²) in [4.78, 5) is 6.05. The Labute approximate surface area is 123 Å². The first-order chi connectivity index (χ1) is 9.86. The van der Waals surface area contributed by atoms with Crippen molar-refractivity contribution in [3.8, 4) is 5.88 Å². The molecule has 0 fully saturated rings. The lowest BCUT2D eigenvalue weighted by atomic mass is 9.95. The number of hydrogen-bond acceptors (Lipinski definition) is 4. The number of aryl methyl sites for hydroxylation is 2. The molecule has 0 amide bonds. The number of fused-ring (bicyclic) bond motifs is 1. The van der Waals surface area contributed by atoms with Crippen LogP contribution in [0.5, 0.6) is 5.88 Å². The summed E-state index contributed by atoms with van der Waals surface area (Å²) in [6.45, 7) is 1.16. The molecule has 2 aromatic rings. The highest BCUT2D eigenvalue weighted by Gasteiger charge is 2.15. The molecule has 0 unspecified atom stereocenters. The maximum absolute atomic E-state index is 5.88. The number of hydrogen-bond donors (Lipinski definition) is 1. The van der Waals surface area contributed by atoms with Crippen molar-refractivity contribution in [2.45, 2.75) is 38.6 Å². The molecule has 2 aromatic heterocycles. The topological polar surface area (TPSA) is 48.1 Å². The van der Waals surface area contributed by atoms with E-state index in [4.69, 9.17) is 15.5 Å².